The van der Waals surface area contributed by atoms with Crippen LogP contribution in [-0.2, 0) is 20.7 Å². The lowest BCUT2D eigenvalue weighted by molar-refractivity contribution is -0.154. The van der Waals surface area contributed by atoms with E-state index in [0.29, 0.717) is 25.1 Å². The standard InChI is InChI=1S/C28H30N2O4/c1-28(2,3)34-25(31)16-8-10-19-11-9-17-29-26(19)30-27(32)33-18-24-22-14-6-4-12-20(22)21-13-5-7-15-23(21)24/h4-7,9,11-15,17,24H,8,10,16,18H2,1-3H3,(H,29,30,32). The highest BCUT2D eigenvalue weighted by Gasteiger charge is 2.29. The van der Waals surface area contributed by atoms with Gasteiger partial charge in [0.25, 0.3) is 0 Å². The predicted octanol–water partition coefficient (Wildman–Crippen LogP) is 6.11. The van der Waals surface area contributed by atoms with Crippen LogP contribution in [0, 0.1) is 0 Å². The number of pyridine rings is 1. The molecule has 1 amide bonds. The number of carbonyl (C=O) groups is 2. The van der Waals surface area contributed by atoms with Gasteiger partial charge in [-0.05, 0) is 67.5 Å². The summed E-state index contributed by atoms with van der Waals surface area (Å²) in [5.41, 5.74) is 5.05. The summed E-state index contributed by atoms with van der Waals surface area (Å²) in [6, 6.07) is 20.1. The molecule has 0 spiro atoms. The molecule has 0 radical (unpaired) electrons. The lowest BCUT2D eigenvalue weighted by Crippen LogP contribution is -2.23. The number of fused-ring (bicyclic) bond motifs is 3. The minimum Gasteiger partial charge on any atom is -0.460 e. The third-order valence-electron chi connectivity index (χ3n) is 5.70. The van der Waals surface area contributed by atoms with Crippen molar-refractivity contribution < 1.29 is 19.1 Å². The molecule has 1 aliphatic rings. The van der Waals surface area contributed by atoms with Gasteiger partial charge in [0.05, 0.1) is 0 Å². The maximum atomic E-state index is 12.6. The summed E-state index contributed by atoms with van der Waals surface area (Å²) in [7, 11) is 0. The number of benzene rings is 2. The van der Waals surface area contributed by atoms with E-state index in [-0.39, 0.29) is 18.5 Å². The fourth-order valence-corrected chi connectivity index (χ4v) is 4.30. The number of ether oxygens (including phenoxy) is 2. The van der Waals surface area contributed by atoms with Crippen molar-refractivity contribution in [1.29, 1.82) is 0 Å². The largest absolute Gasteiger partial charge is 0.460 e. The van der Waals surface area contributed by atoms with E-state index in [2.05, 4.69) is 34.6 Å². The Balaban J connectivity index is 1.35. The van der Waals surface area contributed by atoms with Crippen molar-refractivity contribution in [3.05, 3.63) is 83.6 Å². The van der Waals surface area contributed by atoms with Crippen molar-refractivity contribution in [2.45, 2.75) is 51.6 Å². The third kappa shape index (κ3) is 5.63. The number of nitrogens with zero attached hydrogens (tertiary/aromatic N) is 1. The number of esters is 1. The van der Waals surface area contributed by atoms with Gasteiger partial charge in [0.15, 0.2) is 0 Å². The number of nitrogens with one attached hydrogen (secondary N) is 1. The van der Waals surface area contributed by atoms with Crippen molar-refractivity contribution >= 4 is 17.9 Å². The highest BCUT2D eigenvalue weighted by Crippen LogP contribution is 2.44. The third-order valence-corrected chi connectivity index (χ3v) is 5.70. The second-order valence-electron chi connectivity index (χ2n) is 9.40. The van der Waals surface area contributed by atoms with Crippen LogP contribution >= 0.6 is 0 Å². The summed E-state index contributed by atoms with van der Waals surface area (Å²) in [6.45, 7) is 5.79. The molecule has 0 saturated carbocycles. The van der Waals surface area contributed by atoms with Gasteiger partial charge >= 0.3 is 12.1 Å². The smallest absolute Gasteiger partial charge is 0.412 e. The zero-order valence-electron chi connectivity index (χ0n) is 19.8. The zero-order chi connectivity index (χ0) is 24.1. The lowest BCUT2D eigenvalue weighted by atomic mass is 9.98. The molecule has 1 N–H and O–H groups in total. The SMILES string of the molecule is CC(C)(C)OC(=O)CCCc1cccnc1NC(=O)OCC1c2ccccc2-c2ccccc21. The van der Waals surface area contributed by atoms with Gasteiger partial charge in [-0.2, -0.15) is 0 Å². The van der Waals surface area contributed by atoms with E-state index in [9.17, 15) is 9.59 Å². The van der Waals surface area contributed by atoms with Crippen molar-refractivity contribution in [3.63, 3.8) is 0 Å². The molecule has 2 aromatic carbocycles. The maximum absolute atomic E-state index is 12.6. The summed E-state index contributed by atoms with van der Waals surface area (Å²) >= 11 is 0. The summed E-state index contributed by atoms with van der Waals surface area (Å²) in [4.78, 5) is 28.9. The predicted molar refractivity (Wildman–Crippen MR) is 132 cm³/mol. The molecule has 1 aliphatic carbocycles. The van der Waals surface area contributed by atoms with Crippen LogP contribution in [0.1, 0.15) is 56.2 Å². The number of hydrogen-bond donors (Lipinski definition) is 1. The number of aryl methyl sites for hydroxylation is 1. The minimum atomic E-state index is -0.547. The topological polar surface area (TPSA) is 77.5 Å². The van der Waals surface area contributed by atoms with Crippen LogP contribution in [0.2, 0.25) is 0 Å². The Labute approximate surface area is 200 Å². The molecule has 0 bridgehead atoms. The Bertz CT molecular complexity index is 1140. The Kier molecular flexibility index (Phi) is 6.96. The first-order valence-corrected chi connectivity index (χ1v) is 11.6. The molecular weight excluding hydrogens is 428 g/mol. The Hall–Kier alpha value is -3.67. The van der Waals surface area contributed by atoms with Crippen LogP contribution in [0.25, 0.3) is 11.1 Å². The number of carbonyl (C=O) groups excluding carboxylic acids is 2. The average molecular weight is 459 g/mol. The highest BCUT2D eigenvalue weighted by molar-refractivity contribution is 5.84. The molecule has 34 heavy (non-hydrogen) atoms. The Morgan fingerprint density at radius 3 is 2.24 bits per heavy atom. The van der Waals surface area contributed by atoms with Crippen LogP contribution in [-0.4, -0.2) is 29.3 Å². The second kappa shape index (κ2) is 10.1. The maximum Gasteiger partial charge on any atom is 0.412 e. The quantitative estimate of drug-likeness (QED) is 0.433. The molecule has 0 unspecified atom stereocenters. The zero-order valence-corrected chi connectivity index (χ0v) is 19.8. The van der Waals surface area contributed by atoms with E-state index < -0.39 is 11.7 Å². The van der Waals surface area contributed by atoms with Crippen LogP contribution in [0.4, 0.5) is 10.6 Å². The van der Waals surface area contributed by atoms with Crippen LogP contribution in [0.5, 0.6) is 0 Å². The molecular formula is C28H30N2O4. The van der Waals surface area contributed by atoms with E-state index in [0.717, 1.165) is 16.7 Å². The van der Waals surface area contributed by atoms with E-state index in [1.165, 1.54) is 11.1 Å². The summed E-state index contributed by atoms with van der Waals surface area (Å²) in [6.07, 6.45) is 2.56. The van der Waals surface area contributed by atoms with Gasteiger partial charge in [-0.3, -0.25) is 10.1 Å². The molecule has 1 heterocycles. The number of hydrogen-bond acceptors (Lipinski definition) is 5. The van der Waals surface area contributed by atoms with Crippen LogP contribution < -0.4 is 5.32 Å². The molecule has 6 heteroatoms. The molecule has 0 fully saturated rings. The van der Waals surface area contributed by atoms with E-state index >= 15 is 0 Å². The normalized spacial score (nSPS) is 12.6. The van der Waals surface area contributed by atoms with E-state index in [1.807, 2.05) is 57.2 Å². The number of rotatable bonds is 7. The molecule has 0 atom stereocenters. The van der Waals surface area contributed by atoms with Gasteiger partial charge in [-0.25, -0.2) is 9.78 Å². The van der Waals surface area contributed by atoms with Gasteiger partial charge in [-0.15, -0.1) is 0 Å². The van der Waals surface area contributed by atoms with Crippen molar-refractivity contribution in [2.75, 3.05) is 11.9 Å². The highest BCUT2D eigenvalue weighted by atomic mass is 16.6. The molecule has 0 saturated heterocycles. The van der Waals surface area contributed by atoms with Gasteiger partial charge in [0.2, 0.25) is 0 Å². The Morgan fingerprint density at radius 1 is 0.941 bits per heavy atom. The average Bonchev–Trinajstić information content (AvgIpc) is 3.11. The first-order valence-electron chi connectivity index (χ1n) is 11.6. The number of aromatic nitrogens is 1. The number of amides is 1. The molecule has 4 rings (SSSR count). The van der Waals surface area contributed by atoms with E-state index in [4.69, 9.17) is 9.47 Å². The molecule has 1 aromatic heterocycles. The molecule has 176 valence electrons. The van der Waals surface area contributed by atoms with Crippen LogP contribution in [0.3, 0.4) is 0 Å². The second-order valence-corrected chi connectivity index (χ2v) is 9.40. The first kappa shape index (κ1) is 23.5. The number of anilines is 1. The molecule has 6 nitrogen and oxygen atoms in total. The van der Waals surface area contributed by atoms with Crippen LogP contribution in [0.15, 0.2) is 66.9 Å². The minimum absolute atomic E-state index is 0.00446. The van der Waals surface area contributed by atoms with Crippen molar-refractivity contribution in [3.8, 4) is 11.1 Å². The van der Waals surface area contributed by atoms with E-state index in [1.54, 1.807) is 6.20 Å². The lowest BCUT2D eigenvalue weighted by Gasteiger charge is -2.19. The fraction of sp³-hybridized carbons (Fsp3) is 0.321. The van der Waals surface area contributed by atoms with Gasteiger partial charge < -0.3 is 9.47 Å². The molecule has 3 aromatic rings. The van der Waals surface area contributed by atoms with Gasteiger partial charge in [0.1, 0.15) is 18.0 Å². The van der Waals surface area contributed by atoms with Crippen molar-refractivity contribution in [2.24, 2.45) is 0 Å². The first-order chi connectivity index (χ1) is 16.3. The summed E-state index contributed by atoms with van der Waals surface area (Å²) in [5, 5.41) is 2.77. The molecule has 0 aliphatic heterocycles. The fourth-order valence-electron chi connectivity index (χ4n) is 4.30. The van der Waals surface area contributed by atoms with Gasteiger partial charge in [0, 0.05) is 18.5 Å². The summed E-state index contributed by atoms with van der Waals surface area (Å²) in [5.74, 6) is 0.210. The monoisotopic (exact) mass is 458 g/mol. The summed E-state index contributed by atoms with van der Waals surface area (Å²) < 4.78 is 11.0. The van der Waals surface area contributed by atoms with Crippen molar-refractivity contribution in [1.82, 2.24) is 4.98 Å². The van der Waals surface area contributed by atoms with Gasteiger partial charge in [-0.1, -0.05) is 54.6 Å². The Morgan fingerprint density at radius 2 is 1.59 bits per heavy atom.